The Morgan fingerprint density at radius 1 is 1.32 bits per heavy atom. The van der Waals surface area contributed by atoms with E-state index in [0.29, 0.717) is 20.7 Å². The van der Waals surface area contributed by atoms with Crippen molar-refractivity contribution in [3.05, 3.63) is 31.3 Å². The number of nitrogens with two attached hydrogens (primary N) is 1. The van der Waals surface area contributed by atoms with Crippen molar-refractivity contribution in [1.29, 1.82) is 0 Å². The summed E-state index contributed by atoms with van der Waals surface area (Å²) < 4.78 is 29.8. The highest BCUT2D eigenvalue weighted by Gasteiger charge is 2.57. The molecule has 1 atom stereocenters. The molecule has 1 unspecified atom stereocenters. The van der Waals surface area contributed by atoms with E-state index in [0.717, 1.165) is 12.8 Å². The summed E-state index contributed by atoms with van der Waals surface area (Å²) in [6.45, 7) is 7.35. The topological polar surface area (TPSA) is 102 Å². The molecule has 2 aliphatic carbocycles. The van der Waals surface area contributed by atoms with Gasteiger partial charge in [-0.2, -0.15) is 0 Å². The minimum absolute atomic E-state index is 0.0917. The van der Waals surface area contributed by atoms with E-state index in [2.05, 4.69) is 5.43 Å². The van der Waals surface area contributed by atoms with E-state index in [9.17, 15) is 23.2 Å². The summed E-state index contributed by atoms with van der Waals surface area (Å²) in [6.07, 6.45) is 1.19. The van der Waals surface area contributed by atoms with Gasteiger partial charge in [-0.15, -0.1) is 11.3 Å². The molecule has 31 heavy (non-hydrogen) atoms. The lowest BCUT2D eigenvalue weighted by atomic mass is 10.1. The van der Waals surface area contributed by atoms with Gasteiger partial charge in [-0.1, -0.05) is 0 Å². The van der Waals surface area contributed by atoms with Gasteiger partial charge in [0.15, 0.2) is 0 Å². The van der Waals surface area contributed by atoms with E-state index in [1.807, 2.05) is 20.8 Å². The molecule has 170 valence electrons. The molecule has 0 spiro atoms. The fourth-order valence-electron chi connectivity index (χ4n) is 3.79. The molecule has 3 N–H and O–H groups in total. The van der Waals surface area contributed by atoms with Crippen LogP contribution >= 0.6 is 11.3 Å². The zero-order valence-corrected chi connectivity index (χ0v) is 18.8. The van der Waals surface area contributed by atoms with Gasteiger partial charge in [0.25, 0.3) is 11.5 Å². The zero-order valence-electron chi connectivity index (χ0n) is 18.0. The van der Waals surface area contributed by atoms with Gasteiger partial charge in [-0.3, -0.25) is 18.9 Å². The third-order valence-corrected chi connectivity index (χ3v) is 6.95. The number of fused-ring (bicyclic) bond motifs is 1. The number of amides is 2. The molecule has 0 aliphatic heterocycles. The Morgan fingerprint density at radius 3 is 2.42 bits per heavy atom. The minimum atomic E-state index is -2.78. The number of alkyl halides is 2. The van der Waals surface area contributed by atoms with Gasteiger partial charge in [-0.05, 0) is 46.1 Å². The summed E-state index contributed by atoms with van der Waals surface area (Å²) in [7, 11) is 0. The number of urea groups is 1. The van der Waals surface area contributed by atoms with Crippen molar-refractivity contribution in [2.75, 3.05) is 0 Å². The fourth-order valence-corrected chi connectivity index (χ4v) is 5.07. The molecule has 2 amide bonds. The number of nitrogens with one attached hydrogen (secondary N) is 1. The van der Waals surface area contributed by atoms with Crippen LogP contribution in [0.2, 0.25) is 0 Å². The van der Waals surface area contributed by atoms with E-state index in [1.165, 1.54) is 25.5 Å². The average molecular weight is 456 g/mol. The smallest absolute Gasteiger partial charge is 0.332 e. The number of rotatable bonds is 6. The fraction of sp³-hybridized carbons (Fsp3) is 0.650. The van der Waals surface area contributed by atoms with Crippen molar-refractivity contribution in [1.82, 2.24) is 19.6 Å². The first-order valence-corrected chi connectivity index (χ1v) is 11.1. The molecule has 0 aromatic carbocycles. The van der Waals surface area contributed by atoms with Gasteiger partial charge < -0.3 is 5.73 Å². The normalized spacial score (nSPS) is 20.3. The van der Waals surface area contributed by atoms with E-state index in [-0.39, 0.29) is 25.6 Å². The van der Waals surface area contributed by atoms with E-state index in [1.54, 1.807) is 6.92 Å². The first-order valence-electron chi connectivity index (χ1n) is 10.3. The maximum atomic E-state index is 13.6. The molecule has 2 aromatic heterocycles. The Kier molecular flexibility index (Phi) is 5.04. The number of aryl methyl sites for hydroxylation is 1. The third kappa shape index (κ3) is 4.12. The number of hydrazine groups is 1. The highest BCUT2D eigenvalue weighted by Crippen LogP contribution is 2.49. The summed E-state index contributed by atoms with van der Waals surface area (Å²) in [5, 5.41) is 1.62. The summed E-state index contributed by atoms with van der Waals surface area (Å²) >= 11 is 1.18. The van der Waals surface area contributed by atoms with Gasteiger partial charge in [0.1, 0.15) is 4.83 Å². The Labute approximate surface area is 181 Å². The van der Waals surface area contributed by atoms with Gasteiger partial charge in [0.05, 0.1) is 11.9 Å². The van der Waals surface area contributed by atoms with Gasteiger partial charge >= 0.3 is 11.7 Å². The van der Waals surface area contributed by atoms with Crippen LogP contribution in [-0.2, 0) is 13.1 Å². The standard InChI is InChI=1S/C20H27F2N5O3S/c1-10-13(9-26(17(23)29)24-19(2,3)4)31-16-14(10)15(28)27(12-5-6-12)18(30)25(16)8-11-7-20(11,21)22/h11-12,24H,5-9H2,1-4H3,(H2,23,29). The second-order valence-corrected chi connectivity index (χ2v) is 10.7. The molecular weight excluding hydrogens is 428 g/mol. The molecule has 2 aromatic rings. The Bertz CT molecular complexity index is 1170. The number of hydrogen-bond acceptors (Lipinski definition) is 5. The minimum Gasteiger partial charge on any atom is -0.350 e. The predicted molar refractivity (Wildman–Crippen MR) is 114 cm³/mol. The molecule has 2 saturated carbocycles. The summed E-state index contributed by atoms with van der Waals surface area (Å²) in [5.41, 5.74) is 7.82. The van der Waals surface area contributed by atoms with Crippen LogP contribution in [0.3, 0.4) is 0 Å². The highest BCUT2D eigenvalue weighted by atomic mass is 32.1. The van der Waals surface area contributed by atoms with E-state index in [4.69, 9.17) is 5.73 Å². The van der Waals surface area contributed by atoms with Gasteiger partial charge in [0, 0.05) is 35.3 Å². The predicted octanol–water partition coefficient (Wildman–Crippen LogP) is 2.71. The zero-order chi connectivity index (χ0) is 22.9. The Balaban J connectivity index is 1.83. The van der Waals surface area contributed by atoms with Crippen molar-refractivity contribution in [2.45, 2.75) is 77.6 Å². The summed E-state index contributed by atoms with van der Waals surface area (Å²) in [6, 6.07) is -0.861. The number of primary amides is 1. The largest absolute Gasteiger partial charge is 0.350 e. The van der Waals surface area contributed by atoms with Crippen molar-refractivity contribution in [2.24, 2.45) is 11.7 Å². The monoisotopic (exact) mass is 455 g/mol. The third-order valence-electron chi connectivity index (χ3n) is 5.65. The summed E-state index contributed by atoms with van der Waals surface area (Å²) in [4.78, 5) is 39.3. The molecule has 0 saturated heterocycles. The van der Waals surface area contributed by atoms with E-state index < -0.39 is 34.7 Å². The molecule has 2 fully saturated rings. The number of nitrogens with zero attached hydrogens (tertiary/aromatic N) is 3. The van der Waals surface area contributed by atoms with Crippen molar-refractivity contribution >= 4 is 27.6 Å². The number of thiophene rings is 1. The average Bonchev–Trinajstić information content (AvgIpc) is 3.52. The van der Waals surface area contributed by atoms with Crippen LogP contribution in [-0.4, -0.2) is 31.6 Å². The lowest BCUT2D eigenvalue weighted by Crippen LogP contribution is -2.53. The van der Waals surface area contributed by atoms with Crippen LogP contribution in [0.5, 0.6) is 0 Å². The SMILES string of the molecule is Cc1c(CN(NC(C)(C)C)C(N)=O)sc2c1c(=O)n(C1CC1)c(=O)n2CC1CC1(F)F. The lowest BCUT2D eigenvalue weighted by molar-refractivity contribution is 0.0950. The first-order chi connectivity index (χ1) is 14.3. The number of carbonyl (C=O) groups is 1. The quantitative estimate of drug-likeness (QED) is 0.654. The van der Waals surface area contributed by atoms with Crippen LogP contribution < -0.4 is 22.4 Å². The van der Waals surface area contributed by atoms with Crippen LogP contribution in [0.1, 0.15) is 56.5 Å². The maximum absolute atomic E-state index is 13.6. The Hall–Kier alpha value is -2.27. The van der Waals surface area contributed by atoms with Crippen LogP contribution in [0, 0.1) is 12.8 Å². The molecule has 11 heteroatoms. The first kappa shape index (κ1) is 21.9. The number of aromatic nitrogens is 2. The molecule has 2 heterocycles. The molecule has 2 aliphatic rings. The number of hydrogen-bond donors (Lipinski definition) is 2. The number of carbonyl (C=O) groups excluding carboxylic acids is 1. The molecule has 8 nitrogen and oxygen atoms in total. The lowest BCUT2D eigenvalue weighted by Gasteiger charge is -2.30. The number of halogens is 2. The second-order valence-electron chi connectivity index (χ2n) is 9.58. The van der Waals surface area contributed by atoms with Crippen LogP contribution in [0.4, 0.5) is 13.6 Å². The maximum Gasteiger partial charge on any atom is 0.332 e. The van der Waals surface area contributed by atoms with Crippen molar-refractivity contribution in [3.63, 3.8) is 0 Å². The summed E-state index contributed by atoms with van der Waals surface area (Å²) in [5.74, 6) is -3.69. The molecule has 4 rings (SSSR count). The van der Waals surface area contributed by atoms with E-state index >= 15 is 0 Å². The molecular formula is C20H27F2N5O3S. The second kappa shape index (κ2) is 7.13. The van der Waals surface area contributed by atoms with Crippen molar-refractivity contribution in [3.8, 4) is 0 Å². The van der Waals surface area contributed by atoms with Crippen LogP contribution in [0.15, 0.2) is 9.59 Å². The van der Waals surface area contributed by atoms with Gasteiger partial charge in [-0.25, -0.2) is 23.8 Å². The molecule has 0 radical (unpaired) electrons. The Morgan fingerprint density at radius 2 is 1.94 bits per heavy atom. The highest BCUT2D eigenvalue weighted by molar-refractivity contribution is 7.18. The van der Waals surface area contributed by atoms with Gasteiger partial charge in [0.2, 0.25) is 0 Å². The van der Waals surface area contributed by atoms with Crippen molar-refractivity contribution < 1.29 is 13.6 Å². The molecule has 0 bridgehead atoms. The van der Waals surface area contributed by atoms with Crippen LogP contribution in [0.25, 0.3) is 10.2 Å².